The van der Waals surface area contributed by atoms with Gasteiger partial charge in [-0.3, -0.25) is 0 Å². The third-order valence-electron chi connectivity index (χ3n) is 10.0. The summed E-state index contributed by atoms with van der Waals surface area (Å²) in [5, 5.41) is 10.9. The zero-order chi connectivity index (χ0) is 31.4. The molecular formula is C44H41N. The van der Waals surface area contributed by atoms with Crippen LogP contribution in [-0.4, -0.2) is 4.57 Å². The van der Waals surface area contributed by atoms with Crippen molar-refractivity contribution in [2.45, 2.75) is 66.2 Å². The average molecular weight is 584 g/mol. The zero-order valence-corrected chi connectivity index (χ0v) is 27.8. The number of aryl methyl sites for hydroxylation is 2. The van der Waals surface area contributed by atoms with Gasteiger partial charge in [0, 0.05) is 16.5 Å². The van der Waals surface area contributed by atoms with E-state index < -0.39 is 0 Å². The van der Waals surface area contributed by atoms with Crippen molar-refractivity contribution in [2.75, 3.05) is 0 Å². The van der Waals surface area contributed by atoms with Crippen molar-refractivity contribution in [1.29, 1.82) is 0 Å². The Kier molecular flexibility index (Phi) is 5.85. The number of rotatable bonds is 2. The molecule has 0 bridgehead atoms. The maximum absolute atomic E-state index is 2.55. The van der Waals surface area contributed by atoms with Gasteiger partial charge in [0.1, 0.15) is 0 Å². The molecule has 0 N–H and O–H groups in total. The Bertz CT molecular complexity index is 2440. The first-order valence-electron chi connectivity index (χ1n) is 16.3. The zero-order valence-electron chi connectivity index (χ0n) is 27.8. The van der Waals surface area contributed by atoms with Gasteiger partial charge in [-0.15, -0.1) is 0 Å². The molecule has 0 aliphatic heterocycles. The molecule has 0 spiro atoms. The molecule has 0 fully saturated rings. The van der Waals surface area contributed by atoms with Gasteiger partial charge in [-0.1, -0.05) is 108 Å². The second-order valence-corrected chi connectivity index (χ2v) is 15.1. The molecule has 0 amide bonds. The molecule has 0 aliphatic rings. The van der Waals surface area contributed by atoms with E-state index >= 15 is 0 Å². The van der Waals surface area contributed by atoms with Gasteiger partial charge in [0.25, 0.3) is 0 Å². The van der Waals surface area contributed by atoms with E-state index in [-0.39, 0.29) is 10.8 Å². The second kappa shape index (κ2) is 9.44. The van der Waals surface area contributed by atoms with Crippen LogP contribution in [0.4, 0.5) is 0 Å². The van der Waals surface area contributed by atoms with Gasteiger partial charge >= 0.3 is 0 Å². The minimum Gasteiger partial charge on any atom is -0.309 e. The standard InChI is InChI=1S/C44H41N/c1-26-16-12-13-19-29(26)39-27(2)22-31-35(43(3,4)5)24-34-40-30-20-14-15-21-37(30)45(28-17-10-9-11-18-28)38(40)25-32-36(44(6,7)8)23-33(39)41(31)42(32)34/h9-25H,1-8H3. The molecule has 0 unspecified atom stereocenters. The molecule has 8 aromatic rings. The molecule has 0 aliphatic carbocycles. The highest BCUT2D eigenvalue weighted by Crippen LogP contribution is 2.51. The van der Waals surface area contributed by atoms with Gasteiger partial charge in [-0.2, -0.15) is 0 Å². The minimum absolute atomic E-state index is 0.0315. The highest BCUT2D eigenvalue weighted by molar-refractivity contribution is 6.35. The smallest absolute Gasteiger partial charge is 0.0553 e. The third-order valence-corrected chi connectivity index (χ3v) is 10.0. The molecule has 45 heavy (non-hydrogen) atoms. The molecule has 7 aromatic carbocycles. The van der Waals surface area contributed by atoms with E-state index in [2.05, 4.69) is 163 Å². The van der Waals surface area contributed by atoms with Crippen LogP contribution in [-0.2, 0) is 10.8 Å². The number of hydrogen-bond acceptors (Lipinski definition) is 0. The highest BCUT2D eigenvalue weighted by atomic mass is 15.0. The van der Waals surface area contributed by atoms with Crippen LogP contribution >= 0.6 is 0 Å². The number of para-hydroxylation sites is 2. The van der Waals surface area contributed by atoms with Crippen LogP contribution in [0.1, 0.15) is 63.8 Å². The molecule has 0 saturated carbocycles. The lowest BCUT2D eigenvalue weighted by Gasteiger charge is -2.29. The maximum Gasteiger partial charge on any atom is 0.0553 e. The van der Waals surface area contributed by atoms with Gasteiger partial charge in [-0.05, 0) is 127 Å². The Labute approximate surface area is 266 Å². The van der Waals surface area contributed by atoms with Crippen LogP contribution < -0.4 is 0 Å². The third kappa shape index (κ3) is 3.99. The molecule has 0 saturated heterocycles. The van der Waals surface area contributed by atoms with E-state index in [1.807, 2.05) is 0 Å². The Balaban J connectivity index is 1.72. The van der Waals surface area contributed by atoms with E-state index in [0.29, 0.717) is 0 Å². The van der Waals surface area contributed by atoms with Crippen molar-refractivity contribution in [3.05, 3.63) is 125 Å². The highest BCUT2D eigenvalue weighted by Gasteiger charge is 2.29. The number of benzene rings is 7. The van der Waals surface area contributed by atoms with Gasteiger partial charge in [-0.25, -0.2) is 0 Å². The molecule has 8 rings (SSSR count). The topological polar surface area (TPSA) is 4.93 Å². The quantitative estimate of drug-likeness (QED) is 0.178. The monoisotopic (exact) mass is 583 g/mol. The molecule has 1 aromatic heterocycles. The summed E-state index contributed by atoms with van der Waals surface area (Å²) in [6.45, 7) is 18.8. The van der Waals surface area contributed by atoms with Gasteiger partial charge in [0.2, 0.25) is 0 Å². The number of nitrogens with zero attached hydrogens (tertiary/aromatic N) is 1. The summed E-state index contributed by atoms with van der Waals surface area (Å²) in [4.78, 5) is 0. The van der Waals surface area contributed by atoms with E-state index in [9.17, 15) is 0 Å². The first-order valence-corrected chi connectivity index (χ1v) is 16.3. The van der Waals surface area contributed by atoms with Crippen molar-refractivity contribution in [2.24, 2.45) is 0 Å². The first-order chi connectivity index (χ1) is 21.4. The van der Waals surface area contributed by atoms with Crippen molar-refractivity contribution in [3.63, 3.8) is 0 Å². The molecular weight excluding hydrogens is 542 g/mol. The molecule has 0 atom stereocenters. The van der Waals surface area contributed by atoms with E-state index in [4.69, 9.17) is 0 Å². The lowest BCUT2D eigenvalue weighted by molar-refractivity contribution is 0.595. The maximum atomic E-state index is 2.55. The van der Waals surface area contributed by atoms with E-state index in [1.54, 1.807) is 0 Å². The fraction of sp³-hybridized carbons (Fsp3) is 0.227. The molecule has 0 radical (unpaired) electrons. The summed E-state index contributed by atoms with van der Waals surface area (Å²) in [7, 11) is 0. The molecule has 1 heteroatoms. The Hall–Kier alpha value is -4.62. The lowest BCUT2D eigenvalue weighted by atomic mass is 9.74. The van der Waals surface area contributed by atoms with Crippen LogP contribution in [0.5, 0.6) is 0 Å². The summed E-state index contributed by atoms with van der Waals surface area (Å²) >= 11 is 0. The lowest BCUT2D eigenvalue weighted by Crippen LogP contribution is -2.14. The Morgan fingerprint density at radius 3 is 1.71 bits per heavy atom. The number of aromatic nitrogens is 1. The Morgan fingerprint density at radius 1 is 0.444 bits per heavy atom. The van der Waals surface area contributed by atoms with Crippen LogP contribution in [0.25, 0.3) is 70.9 Å². The summed E-state index contributed by atoms with van der Waals surface area (Å²) in [5.74, 6) is 0. The van der Waals surface area contributed by atoms with E-state index in [1.165, 1.54) is 93.2 Å². The van der Waals surface area contributed by atoms with Crippen molar-refractivity contribution < 1.29 is 0 Å². The Morgan fingerprint density at radius 2 is 1.02 bits per heavy atom. The summed E-state index contributed by atoms with van der Waals surface area (Å²) in [5.41, 5.74) is 11.8. The van der Waals surface area contributed by atoms with E-state index in [0.717, 1.165) is 0 Å². The van der Waals surface area contributed by atoms with Crippen molar-refractivity contribution >= 4 is 54.1 Å². The van der Waals surface area contributed by atoms with Crippen LogP contribution in [0.2, 0.25) is 0 Å². The number of fused-ring (bicyclic) bond motifs is 4. The first kappa shape index (κ1) is 27.9. The summed E-state index contributed by atoms with van der Waals surface area (Å²) in [6.07, 6.45) is 0. The van der Waals surface area contributed by atoms with Gasteiger partial charge < -0.3 is 4.57 Å². The summed E-state index contributed by atoms with van der Waals surface area (Å²) < 4.78 is 2.48. The largest absolute Gasteiger partial charge is 0.309 e. The molecule has 222 valence electrons. The van der Waals surface area contributed by atoms with Crippen LogP contribution in [0.3, 0.4) is 0 Å². The van der Waals surface area contributed by atoms with Crippen LogP contribution in [0.15, 0.2) is 103 Å². The molecule has 1 heterocycles. The fourth-order valence-electron chi connectivity index (χ4n) is 8.01. The van der Waals surface area contributed by atoms with Crippen molar-refractivity contribution in [3.8, 4) is 16.8 Å². The predicted molar refractivity (Wildman–Crippen MR) is 197 cm³/mol. The molecule has 1 nitrogen and oxygen atoms in total. The van der Waals surface area contributed by atoms with Gasteiger partial charge in [0.15, 0.2) is 0 Å². The SMILES string of the molecule is Cc1ccccc1-c1c(C)cc2c(C(C)(C)C)cc3c4c(cc5c3c3ccccc3n5-c3ccccc3)c(C(C)(C)C)cc1c24. The summed E-state index contributed by atoms with van der Waals surface area (Å²) in [6, 6.07) is 38.8. The average Bonchev–Trinajstić information content (AvgIpc) is 3.33. The fourth-order valence-corrected chi connectivity index (χ4v) is 8.01. The predicted octanol–water partition coefficient (Wildman–Crippen LogP) is 12.6. The minimum atomic E-state index is -0.0519. The van der Waals surface area contributed by atoms with Gasteiger partial charge in [0.05, 0.1) is 11.0 Å². The normalized spacial score (nSPS) is 12.9. The van der Waals surface area contributed by atoms with Crippen LogP contribution in [0, 0.1) is 13.8 Å². The second-order valence-electron chi connectivity index (χ2n) is 15.1. The number of hydrogen-bond donors (Lipinski definition) is 0. The van der Waals surface area contributed by atoms with Crippen molar-refractivity contribution in [1.82, 2.24) is 4.57 Å².